The van der Waals surface area contributed by atoms with Crippen LogP contribution >= 0.6 is 11.6 Å². The van der Waals surface area contributed by atoms with Gasteiger partial charge in [-0.2, -0.15) is 0 Å². The second-order valence-electron chi connectivity index (χ2n) is 9.87. The van der Waals surface area contributed by atoms with Gasteiger partial charge in [0, 0.05) is 41.3 Å². The van der Waals surface area contributed by atoms with E-state index in [1.165, 1.54) is 29.2 Å². The molecule has 1 fully saturated rings. The van der Waals surface area contributed by atoms with Crippen LogP contribution < -0.4 is 4.90 Å². The molecule has 1 saturated heterocycles. The number of ether oxygens (including phenoxy) is 1. The molecule has 2 aromatic carbocycles. The Hall–Kier alpha value is -2.03. The largest absolute Gasteiger partial charge is 0.381 e. The Morgan fingerprint density at radius 1 is 1.06 bits per heavy atom. The molecule has 0 saturated carbocycles. The van der Waals surface area contributed by atoms with Crippen LogP contribution in [0.3, 0.4) is 0 Å². The van der Waals surface area contributed by atoms with Gasteiger partial charge >= 0.3 is 0 Å². The zero-order chi connectivity index (χ0) is 25.5. The number of carbonyl (C=O) groups is 1. The Morgan fingerprint density at radius 2 is 1.62 bits per heavy atom. The lowest BCUT2D eigenvalue weighted by Crippen LogP contribution is -2.45. The molecule has 0 spiro atoms. The average molecular weight is 514 g/mol. The van der Waals surface area contributed by atoms with E-state index in [9.17, 15) is 13.2 Å². The van der Waals surface area contributed by atoms with Gasteiger partial charge in [0.05, 0.1) is 10.6 Å². The third-order valence-corrected chi connectivity index (χ3v) is 8.90. The first-order chi connectivity index (χ1) is 15.7. The minimum Gasteiger partial charge on any atom is -0.381 e. The summed E-state index contributed by atoms with van der Waals surface area (Å²) in [6.45, 7) is 8.67. The van der Waals surface area contributed by atoms with Gasteiger partial charge in [-0.1, -0.05) is 32.4 Å². The van der Waals surface area contributed by atoms with E-state index in [2.05, 4.69) is 0 Å². The molecule has 1 aliphatic heterocycles. The van der Waals surface area contributed by atoms with Crippen molar-refractivity contribution in [1.29, 1.82) is 0 Å². The number of anilines is 1. The van der Waals surface area contributed by atoms with Crippen LogP contribution in [0.4, 0.5) is 14.5 Å². The number of sulfone groups is 1. The Labute approximate surface area is 205 Å². The van der Waals surface area contributed by atoms with Gasteiger partial charge in [-0.25, -0.2) is 17.2 Å². The van der Waals surface area contributed by atoms with Crippen LogP contribution in [0.15, 0.2) is 41.3 Å². The molecule has 34 heavy (non-hydrogen) atoms. The van der Waals surface area contributed by atoms with E-state index in [1.807, 2.05) is 0 Å². The molecule has 0 atom stereocenters. The van der Waals surface area contributed by atoms with E-state index in [4.69, 9.17) is 16.3 Å². The van der Waals surface area contributed by atoms with Gasteiger partial charge < -0.3 is 9.64 Å². The van der Waals surface area contributed by atoms with E-state index >= 15 is 8.78 Å². The van der Waals surface area contributed by atoms with Crippen molar-refractivity contribution in [3.63, 3.8) is 0 Å². The van der Waals surface area contributed by atoms with Gasteiger partial charge in [0.15, 0.2) is 9.84 Å². The van der Waals surface area contributed by atoms with E-state index < -0.39 is 37.7 Å². The van der Waals surface area contributed by atoms with Crippen molar-refractivity contribution in [2.45, 2.75) is 63.1 Å². The summed E-state index contributed by atoms with van der Waals surface area (Å²) in [5.41, 5.74) is -1.31. The zero-order valence-electron chi connectivity index (χ0n) is 20.0. The van der Waals surface area contributed by atoms with Crippen molar-refractivity contribution in [1.82, 2.24) is 0 Å². The summed E-state index contributed by atoms with van der Waals surface area (Å²) in [5, 5.41) is 0.360. The Balaban J connectivity index is 2.21. The fourth-order valence-electron chi connectivity index (χ4n) is 4.28. The highest BCUT2D eigenvalue weighted by molar-refractivity contribution is 7.92. The molecule has 5 nitrogen and oxygen atoms in total. The van der Waals surface area contributed by atoms with Crippen LogP contribution in [-0.2, 0) is 24.1 Å². The summed E-state index contributed by atoms with van der Waals surface area (Å²) in [5.74, 6) is -2.12. The summed E-state index contributed by atoms with van der Waals surface area (Å²) in [7, 11) is -4.15. The van der Waals surface area contributed by atoms with Crippen molar-refractivity contribution in [3.8, 4) is 0 Å². The molecule has 0 aromatic heterocycles. The molecule has 0 aliphatic carbocycles. The lowest BCUT2D eigenvalue weighted by molar-refractivity contribution is -0.126. The summed E-state index contributed by atoms with van der Waals surface area (Å²) < 4.78 is 62.5. The number of halogens is 3. The lowest BCUT2D eigenvalue weighted by Gasteiger charge is -2.38. The summed E-state index contributed by atoms with van der Waals surface area (Å²) in [4.78, 5) is 14.2. The van der Waals surface area contributed by atoms with Gasteiger partial charge in [-0.15, -0.1) is 0 Å². The molecule has 9 heteroatoms. The number of amides is 1. The fraction of sp³-hybridized carbons (Fsp3) is 0.480. The van der Waals surface area contributed by atoms with Crippen molar-refractivity contribution in [2.75, 3.05) is 18.1 Å². The Kier molecular flexibility index (Phi) is 7.46. The highest BCUT2D eigenvalue weighted by Crippen LogP contribution is 2.46. The topological polar surface area (TPSA) is 63.7 Å². The van der Waals surface area contributed by atoms with Crippen LogP contribution in [0.1, 0.15) is 53.0 Å². The first-order valence-electron chi connectivity index (χ1n) is 11.1. The van der Waals surface area contributed by atoms with E-state index in [-0.39, 0.29) is 48.1 Å². The van der Waals surface area contributed by atoms with Gasteiger partial charge in [0.2, 0.25) is 5.91 Å². The molecule has 1 aliphatic rings. The van der Waals surface area contributed by atoms with Crippen LogP contribution in [0, 0.1) is 17.0 Å². The smallest absolute Gasteiger partial charge is 0.232 e. The number of hydrogen-bond acceptors (Lipinski definition) is 4. The Bertz CT molecular complexity index is 1170. The van der Waals surface area contributed by atoms with Crippen LogP contribution in [0.2, 0.25) is 5.02 Å². The molecule has 1 amide bonds. The predicted molar refractivity (Wildman–Crippen MR) is 129 cm³/mol. The second kappa shape index (κ2) is 9.55. The van der Waals surface area contributed by atoms with E-state index in [1.54, 1.807) is 34.6 Å². The maximum atomic E-state index is 15.7. The third-order valence-electron chi connectivity index (χ3n) is 6.10. The minimum absolute atomic E-state index is 0.0330. The first kappa shape index (κ1) is 26.6. The van der Waals surface area contributed by atoms with Crippen LogP contribution in [-0.4, -0.2) is 33.6 Å². The van der Waals surface area contributed by atoms with Gasteiger partial charge in [0.25, 0.3) is 0 Å². The SMILES string of the molecule is CC(C)N(C(=O)C(C)(C)C)c1cc(F)c(C2(S(=O)(=O)c3ccc(Cl)cc3)CCOCC2)cc1F. The normalized spacial score (nSPS) is 16.5. The average Bonchev–Trinajstić information content (AvgIpc) is 2.75. The van der Waals surface area contributed by atoms with Crippen molar-refractivity contribution < 1.29 is 26.7 Å². The fourth-order valence-corrected chi connectivity index (χ4v) is 6.50. The zero-order valence-corrected chi connectivity index (χ0v) is 21.6. The number of nitrogens with zero attached hydrogens (tertiary/aromatic N) is 1. The lowest BCUT2D eigenvalue weighted by atomic mass is 9.89. The molecular formula is C25H30ClF2NO4S. The highest BCUT2D eigenvalue weighted by Gasteiger charge is 2.49. The second-order valence-corrected chi connectivity index (χ2v) is 12.6. The quantitative estimate of drug-likeness (QED) is 0.500. The van der Waals surface area contributed by atoms with Crippen molar-refractivity contribution in [3.05, 3.63) is 58.6 Å². The number of benzene rings is 2. The molecule has 0 unspecified atom stereocenters. The molecule has 0 N–H and O–H groups in total. The Morgan fingerprint density at radius 3 is 2.12 bits per heavy atom. The summed E-state index contributed by atoms with van der Waals surface area (Å²) >= 11 is 5.92. The molecular weight excluding hydrogens is 484 g/mol. The summed E-state index contributed by atoms with van der Waals surface area (Å²) in [6.07, 6.45) is -0.0784. The van der Waals surface area contributed by atoms with E-state index in [0.29, 0.717) is 5.02 Å². The standard InChI is InChI=1S/C25H30ClF2NO4S/c1-16(2)29(23(30)24(3,4)5)22-15-20(27)19(14-21(22)28)25(10-12-33-13-11-25)34(31,32)18-8-6-17(26)7-9-18/h6-9,14-16H,10-13H2,1-5H3. The molecule has 0 bridgehead atoms. The number of rotatable bonds is 5. The van der Waals surface area contributed by atoms with Crippen LogP contribution in [0.25, 0.3) is 0 Å². The monoisotopic (exact) mass is 513 g/mol. The minimum atomic E-state index is -4.15. The highest BCUT2D eigenvalue weighted by atomic mass is 35.5. The number of carbonyl (C=O) groups excluding carboxylic acids is 1. The van der Waals surface area contributed by atoms with Crippen LogP contribution in [0.5, 0.6) is 0 Å². The van der Waals surface area contributed by atoms with Gasteiger partial charge in [0.1, 0.15) is 16.4 Å². The third kappa shape index (κ3) is 4.72. The molecule has 3 rings (SSSR count). The van der Waals surface area contributed by atoms with Crippen molar-refractivity contribution >= 4 is 33.0 Å². The van der Waals surface area contributed by atoms with Crippen molar-refractivity contribution in [2.24, 2.45) is 5.41 Å². The summed E-state index contributed by atoms with van der Waals surface area (Å²) in [6, 6.07) is 7.03. The maximum Gasteiger partial charge on any atom is 0.232 e. The molecule has 1 heterocycles. The van der Waals surface area contributed by atoms with E-state index in [0.717, 1.165) is 12.1 Å². The predicted octanol–water partition coefficient (Wildman–Crippen LogP) is 5.89. The maximum absolute atomic E-state index is 15.7. The first-order valence-corrected chi connectivity index (χ1v) is 13.0. The number of hydrogen-bond donors (Lipinski definition) is 0. The molecule has 0 radical (unpaired) electrons. The van der Waals surface area contributed by atoms with Gasteiger partial charge in [-0.3, -0.25) is 4.79 Å². The molecule has 2 aromatic rings. The van der Waals surface area contributed by atoms with Gasteiger partial charge in [-0.05, 0) is 57.0 Å². The molecule has 186 valence electrons.